The van der Waals surface area contributed by atoms with Crippen molar-refractivity contribution in [2.75, 3.05) is 6.54 Å². The van der Waals surface area contributed by atoms with Crippen molar-refractivity contribution in [3.05, 3.63) is 47.0 Å². The maximum absolute atomic E-state index is 13.1. The highest BCUT2D eigenvalue weighted by molar-refractivity contribution is 5.28. The third-order valence-corrected chi connectivity index (χ3v) is 3.10. The van der Waals surface area contributed by atoms with Gasteiger partial charge in [-0.15, -0.1) is 0 Å². The lowest BCUT2D eigenvalue weighted by Gasteiger charge is -2.07. The average Bonchev–Trinajstić information content (AvgIpc) is 2.66. The molecule has 0 spiro atoms. The minimum Gasteiger partial charge on any atom is -0.508 e. The Hall–Kier alpha value is -1.88. The molecule has 0 fully saturated rings. The molecule has 2 N–H and O–H groups in total. The Labute approximate surface area is 118 Å². The van der Waals surface area contributed by atoms with E-state index in [0.29, 0.717) is 6.54 Å². The van der Waals surface area contributed by atoms with Gasteiger partial charge in [0, 0.05) is 24.8 Å². The monoisotopic (exact) mass is 277 g/mol. The van der Waals surface area contributed by atoms with Gasteiger partial charge in [-0.1, -0.05) is 0 Å². The quantitative estimate of drug-likeness (QED) is 0.798. The lowest BCUT2D eigenvalue weighted by molar-refractivity contribution is 0.467. The molecular weight excluding hydrogens is 257 g/mol. The van der Waals surface area contributed by atoms with Gasteiger partial charge in [-0.05, 0) is 50.6 Å². The van der Waals surface area contributed by atoms with E-state index in [2.05, 4.69) is 16.5 Å². The number of nitrogens with one attached hydrogen (secondary N) is 1. The summed E-state index contributed by atoms with van der Waals surface area (Å²) in [5.41, 5.74) is 2.94. The number of phenolic OH excluding ortho intramolecular Hbond substituents is 1. The Morgan fingerprint density at radius 2 is 2.05 bits per heavy atom. The predicted molar refractivity (Wildman–Crippen MR) is 76.1 cm³/mol. The zero-order valence-electron chi connectivity index (χ0n) is 11.9. The highest BCUT2D eigenvalue weighted by Crippen LogP contribution is 2.14. The van der Waals surface area contributed by atoms with Gasteiger partial charge >= 0.3 is 0 Å². The lowest BCUT2D eigenvalue weighted by Crippen LogP contribution is -2.17. The van der Waals surface area contributed by atoms with Crippen molar-refractivity contribution in [2.45, 2.75) is 33.4 Å². The second kappa shape index (κ2) is 6.52. The topological polar surface area (TPSA) is 50.1 Å². The SMILES string of the molecule is Cc1cc(C)n(CCCNCc2cc(O)cc(F)c2)n1. The number of nitrogens with zero attached hydrogens (tertiary/aromatic N) is 2. The molecule has 0 bridgehead atoms. The summed E-state index contributed by atoms with van der Waals surface area (Å²) in [4.78, 5) is 0. The van der Waals surface area contributed by atoms with Crippen LogP contribution in [0, 0.1) is 19.7 Å². The Morgan fingerprint density at radius 3 is 2.70 bits per heavy atom. The molecule has 0 saturated heterocycles. The number of hydrogen-bond acceptors (Lipinski definition) is 3. The number of benzene rings is 1. The summed E-state index contributed by atoms with van der Waals surface area (Å²) in [6.45, 7) is 6.25. The Balaban J connectivity index is 1.72. The van der Waals surface area contributed by atoms with Crippen LogP contribution in [-0.4, -0.2) is 21.4 Å². The van der Waals surface area contributed by atoms with Gasteiger partial charge in [0.2, 0.25) is 0 Å². The molecule has 2 rings (SSSR count). The van der Waals surface area contributed by atoms with Crippen LogP contribution in [0.3, 0.4) is 0 Å². The smallest absolute Gasteiger partial charge is 0.127 e. The molecule has 0 unspecified atom stereocenters. The average molecular weight is 277 g/mol. The minimum atomic E-state index is -0.413. The van der Waals surface area contributed by atoms with Crippen LogP contribution >= 0.6 is 0 Å². The lowest BCUT2D eigenvalue weighted by atomic mass is 10.2. The van der Waals surface area contributed by atoms with Crippen molar-refractivity contribution < 1.29 is 9.50 Å². The van der Waals surface area contributed by atoms with Gasteiger partial charge < -0.3 is 10.4 Å². The van der Waals surface area contributed by atoms with Gasteiger partial charge in [0.25, 0.3) is 0 Å². The Morgan fingerprint density at radius 1 is 1.25 bits per heavy atom. The van der Waals surface area contributed by atoms with E-state index in [4.69, 9.17) is 0 Å². The van der Waals surface area contributed by atoms with Crippen LogP contribution in [0.5, 0.6) is 5.75 Å². The van der Waals surface area contributed by atoms with Gasteiger partial charge in [0.1, 0.15) is 11.6 Å². The molecule has 0 saturated carbocycles. The molecule has 0 aliphatic heterocycles. The summed E-state index contributed by atoms with van der Waals surface area (Å²) in [6, 6.07) is 6.15. The fourth-order valence-corrected chi connectivity index (χ4v) is 2.22. The molecule has 2 aromatic rings. The van der Waals surface area contributed by atoms with E-state index in [1.807, 2.05) is 18.5 Å². The number of rotatable bonds is 6. The van der Waals surface area contributed by atoms with E-state index >= 15 is 0 Å². The number of aromatic nitrogens is 2. The number of halogens is 1. The maximum atomic E-state index is 13.1. The fraction of sp³-hybridized carbons (Fsp3) is 0.400. The van der Waals surface area contributed by atoms with Crippen molar-refractivity contribution >= 4 is 0 Å². The molecule has 108 valence electrons. The summed E-state index contributed by atoms with van der Waals surface area (Å²) in [5, 5.41) is 16.9. The van der Waals surface area contributed by atoms with Crippen LogP contribution in [0.4, 0.5) is 4.39 Å². The van der Waals surface area contributed by atoms with Crippen LogP contribution in [0.1, 0.15) is 23.4 Å². The fourth-order valence-electron chi connectivity index (χ4n) is 2.22. The third-order valence-electron chi connectivity index (χ3n) is 3.10. The Bertz CT molecular complexity index is 560. The minimum absolute atomic E-state index is 0.0376. The van der Waals surface area contributed by atoms with E-state index in [0.717, 1.165) is 42.5 Å². The zero-order valence-corrected chi connectivity index (χ0v) is 11.9. The van der Waals surface area contributed by atoms with Crippen LogP contribution in [-0.2, 0) is 13.1 Å². The Kier molecular flexibility index (Phi) is 4.74. The first-order chi connectivity index (χ1) is 9.54. The predicted octanol–water partition coefficient (Wildman–Crippen LogP) is 2.52. The molecule has 20 heavy (non-hydrogen) atoms. The van der Waals surface area contributed by atoms with Crippen LogP contribution < -0.4 is 5.32 Å². The van der Waals surface area contributed by atoms with Gasteiger partial charge in [-0.25, -0.2) is 4.39 Å². The van der Waals surface area contributed by atoms with Crippen molar-refractivity contribution in [1.29, 1.82) is 0 Å². The molecule has 0 aliphatic carbocycles. The number of aryl methyl sites for hydroxylation is 3. The first kappa shape index (κ1) is 14.5. The zero-order chi connectivity index (χ0) is 14.5. The highest BCUT2D eigenvalue weighted by Gasteiger charge is 2.01. The summed E-state index contributed by atoms with van der Waals surface area (Å²) >= 11 is 0. The molecule has 1 heterocycles. The summed E-state index contributed by atoms with van der Waals surface area (Å²) < 4.78 is 15.1. The van der Waals surface area contributed by atoms with E-state index in [1.165, 1.54) is 6.07 Å². The molecular formula is C15H20FN3O. The molecule has 4 nitrogen and oxygen atoms in total. The molecule has 0 radical (unpaired) electrons. The third kappa shape index (κ3) is 4.06. The van der Waals surface area contributed by atoms with Gasteiger partial charge in [0.15, 0.2) is 0 Å². The van der Waals surface area contributed by atoms with Crippen molar-refractivity contribution in [3.63, 3.8) is 0 Å². The summed E-state index contributed by atoms with van der Waals surface area (Å²) in [7, 11) is 0. The van der Waals surface area contributed by atoms with E-state index in [9.17, 15) is 9.50 Å². The first-order valence-corrected chi connectivity index (χ1v) is 6.75. The first-order valence-electron chi connectivity index (χ1n) is 6.75. The van der Waals surface area contributed by atoms with E-state index < -0.39 is 5.82 Å². The molecule has 0 atom stereocenters. The number of aromatic hydroxyl groups is 1. The highest BCUT2D eigenvalue weighted by atomic mass is 19.1. The molecule has 5 heteroatoms. The number of hydrogen-bond donors (Lipinski definition) is 2. The second-order valence-corrected chi connectivity index (χ2v) is 5.00. The van der Waals surface area contributed by atoms with Crippen LogP contribution in [0.25, 0.3) is 0 Å². The molecule has 1 aromatic heterocycles. The second-order valence-electron chi connectivity index (χ2n) is 5.00. The molecule has 0 aliphatic rings. The van der Waals surface area contributed by atoms with Crippen LogP contribution in [0.2, 0.25) is 0 Å². The van der Waals surface area contributed by atoms with Crippen molar-refractivity contribution in [3.8, 4) is 5.75 Å². The molecule has 1 aromatic carbocycles. The molecule has 0 amide bonds. The van der Waals surface area contributed by atoms with Gasteiger partial charge in [0.05, 0.1) is 5.69 Å². The largest absolute Gasteiger partial charge is 0.508 e. The summed E-state index contributed by atoms with van der Waals surface area (Å²) in [6.07, 6.45) is 0.948. The summed E-state index contributed by atoms with van der Waals surface area (Å²) in [5.74, 6) is -0.450. The van der Waals surface area contributed by atoms with E-state index in [1.54, 1.807) is 6.07 Å². The van der Waals surface area contributed by atoms with E-state index in [-0.39, 0.29) is 5.75 Å². The van der Waals surface area contributed by atoms with Gasteiger partial charge in [-0.2, -0.15) is 5.10 Å². The number of phenols is 1. The normalized spacial score (nSPS) is 10.9. The van der Waals surface area contributed by atoms with Crippen molar-refractivity contribution in [2.24, 2.45) is 0 Å². The standard InChI is InChI=1S/C15H20FN3O/c1-11-6-12(2)19(18-11)5-3-4-17-10-13-7-14(16)9-15(20)8-13/h6-9,17,20H,3-5,10H2,1-2H3. The van der Waals surface area contributed by atoms with Gasteiger partial charge in [-0.3, -0.25) is 4.68 Å². The van der Waals surface area contributed by atoms with Crippen LogP contribution in [0.15, 0.2) is 24.3 Å². The van der Waals surface area contributed by atoms with Crippen molar-refractivity contribution in [1.82, 2.24) is 15.1 Å². The maximum Gasteiger partial charge on any atom is 0.127 e.